The number of aromatic hydroxyl groups is 1. The summed E-state index contributed by atoms with van der Waals surface area (Å²) in [7, 11) is 6.61. The van der Waals surface area contributed by atoms with Gasteiger partial charge in [0.25, 0.3) is 0 Å². The van der Waals surface area contributed by atoms with Gasteiger partial charge in [-0.2, -0.15) is 0 Å². The maximum absolute atomic E-state index is 14.2. The van der Waals surface area contributed by atoms with Gasteiger partial charge in [0.1, 0.15) is 5.75 Å². The average molecular weight is 642 g/mol. The minimum absolute atomic E-state index is 0.00245. The van der Waals surface area contributed by atoms with Crippen molar-refractivity contribution in [2.24, 2.45) is 29.4 Å². The highest BCUT2D eigenvalue weighted by Crippen LogP contribution is 2.52. The quantitative estimate of drug-likeness (QED) is 0.224. The fourth-order valence-corrected chi connectivity index (χ4v) is 7.74. The van der Waals surface area contributed by atoms with E-state index >= 15 is 0 Å². The zero-order chi connectivity index (χ0) is 33.1. The number of hydrogen-bond donors (Lipinski definition) is 4. The number of nitrogens with one attached hydrogen (secondary N) is 1. The number of carbonyl (C=O) groups is 6. The van der Waals surface area contributed by atoms with E-state index in [9.17, 15) is 39.0 Å². The molecular formula is C30H35N5O9S. The Morgan fingerprint density at radius 2 is 1.87 bits per heavy atom. The molecule has 2 aromatic rings. The summed E-state index contributed by atoms with van der Waals surface area (Å²) in [6, 6.07) is 0.542. The van der Waals surface area contributed by atoms with Crippen LogP contribution in [-0.4, -0.2) is 102 Å². The van der Waals surface area contributed by atoms with Crippen molar-refractivity contribution in [3.8, 4) is 5.75 Å². The molecule has 14 nitrogen and oxygen atoms in total. The third-order valence-corrected chi connectivity index (χ3v) is 9.82. The summed E-state index contributed by atoms with van der Waals surface area (Å²) in [5, 5.41) is 28.1. The van der Waals surface area contributed by atoms with Crippen molar-refractivity contribution in [2.45, 2.75) is 38.0 Å². The Kier molecular flexibility index (Phi) is 8.31. The number of carbonyl (C=O) groups excluding carboxylic acids is 6. The molecule has 5 N–H and O–H groups in total. The number of primary amides is 1. The fourth-order valence-electron chi connectivity index (χ4n) is 7.06. The lowest BCUT2D eigenvalue weighted by Crippen LogP contribution is -2.74. The smallest absolute Gasteiger partial charge is 0.357 e. The monoisotopic (exact) mass is 641 g/mol. The number of nitrogens with zero attached hydrogens (tertiary/aromatic N) is 3. The topological polar surface area (TPSA) is 210 Å². The fraction of sp³-hybridized carbons (Fsp3) is 0.500. The van der Waals surface area contributed by atoms with E-state index in [0.29, 0.717) is 21.9 Å². The number of ether oxygens (including phenoxy) is 1. The van der Waals surface area contributed by atoms with Gasteiger partial charge in [-0.05, 0) is 51.4 Å². The molecule has 240 valence electrons. The van der Waals surface area contributed by atoms with Crippen molar-refractivity contribution in [3.63, 3.8) is 0 Å². The number of aliphatic hydroxyl groups is 1. The number of phenols is 1. The SMILES string of the molecule is CCOC(=O)c1csc(NCc2cc(N(C)C)c3c(c2O)C(=O)C2C(=O)[C@@]4(O)C(=O)C(C(N)=O)C(=O)C(N(C)C)[C@H]4C[C@H]2C3)n1. The molecule has 0 spiro atoms. The first-order valence-electron chi connectivity index (χ1n) is 14.4. The number of anilines is 2. The Morgan fingerprint density at radius 3 is 2.47 bits per heavy atom. The van der Waals surface area contributed by atoms with Crippen LogP contribution in [0, 0.1) is 23.7 Å². The van der Waals surface area contributed by atoms with Gasteiger partial charge >= 0.3 is 5.97 Å². The van der Waals surface area contributed by atoms with Crippen LogP contribution >= 0.6 is 11.3 Å². The van der Waals surface area contributed by atoms with Crippen LogP contribution in [-0.2, 0) is 36.9 Å². The Bertz CT molecular complexity index is 1640. The second kappa shape index (κ2) is 11.6. The maximum atomic E-state index is 14.2. The Morgan fingerprint density at radius 1 is 1.18 bits per heavy atom. The van der Waals surface area contributed by atoms with Crippen LogP contribution in [0.5, 0.6) is 5.75 Å². The largest absolute Gasteiger partial charge is 0.507 e. The Hall–Kier alpha value is -4.21. The van der Waals surface area contributed by atoms with Crippen LogP contribution in [0.25, 0.3) is 0 Å². The van der Waals surface area contributed by atoms with E-state index in [4.69, 9.17) is 10.5 Å². The number of benzene rings is 1. The molecule has 0 aliphatic heterocycles. The van der Waals surface area contributed by atoms with E-state index in [2.05, 4.69) is 10.3 Å². The van der Waals surface area contributed by atoms with Crippen LogP contribution in [0.15, 0.2) is 11.4 Å². The summed E-state index contributed by atoms with van der Waals surface area (Å²) < 4.78 is 4.96. The van der Waals surface area contributed by atoms with E-state index in [1.54, 1.807) is 32.0 Å². The highest BCUT2D eigenvalue weighted by molar-refractivity contribution is 7.13. The zero-order valence-electron chi connectivity index (χ0n) is 25.4. The first kappa shape index (κ1) is 32.2. The van der Waals surface area contributed by atoms with E-state index in [-0.39, 0.29) is 43.0 Å². The van der Waals surface area contributed by atoms with E-state index in [1.807, 2.05) is 0 Å². The second-order valence-electron chi connectivity index (χ2n) is 12.1. The van der Waals surface area contributed by atoms with Crippen LogP contribution < -0.4 is 16.0 Å². The summed E-state index contributed by atoms with van der Waals surface area (Å²) in [4.78, 5) is 86.6. The average Bonchev–Trinajstić information content (AvgIpc) is 3.43. The van der Waals surface area contributed by atoms with Crippen molar-refractivity contribution in [3.05, 3.63) is 33.8 Å². The van der Waals surface area contributed by atoms with Gasteiger partial charge in [0.05, 0.1) is 24.1 Å². The van der Waals surface area contributed by atoms with Crippen LogP contribution in [0.3, 0.4) is 0 Å². The predicted molar refractivity (Wildman–Crippen MR) is 161 cm³/mol. The molecule has 0 saturated heterocycles. The summed E-state index contributed by atoms with van der Waals surface area (Å²) in [5.74, 6) is -11.6. The van der Waals surface area contributed by atoms with Crippen LogP contribution in [0.4, 0.5) is 10.8 Å². The number of phenolic OH excluding ortho intramolecular Hbond substituents is 1. The molecule has 3 unspecified atom stereocenters. The molecule has 0 bridgehead atoms. The molecule has 2 fully saturated rings. The van der Waals surface area contributed by atoms with Gasteiger partial charge in [-0.15, -0.1) is 11.3 Å². The number of Topliss-reactive ketones (excluding diaryl/α,β-unsaturated/α-hetero) is 4. The molecule has 6 atom stereocenters. The van der Waals surface area contributed by atoms with E-state index in [1.165, 1.54) is 24.4 Å². The highest BCUT2D eigenvalue weighted by atomic mass is 32.1. The van der Waals surface area contributed by atoms with Crippen molar-refractivity contribution >= 4 is 57.2 Å². The van der Waals surface area contributed by atoms with Gasteiger partial charge in [-0.25, -0.2) is 9.78 Å². The number of hydrogen-bond acceptors (Lipinski definition) is 14. The lowest BCUT2D eigenvalue weighted by Gasteiger charge is -2.52. The molecule has 3 aliphatic rings. The normalized spacial score (nSPS) is 27.5. The number of fused-ring (bicyclic) bond motifs is 3. The standard InChI is InChI=1S/C30H35N5O9S/c1-6-44-28(42)16-11-45-29(33-16)32-10-13-9-17(34(2)3)14-7-12-8-15-21(35(4)5)24(38)20(27(31)41)26(40)30(15,43)25(39)18(12)23(37)19(14)22(13)36/h9,11-12,15,18,20-21,36,43H,6-8,10H2,1-5H3,(H2,31,41)(H,32,33)/t12-,15-,18?,20?,21?,30-/m1/s1. The third kappa shape index (κ3) is 4.98. The van der Waals surface area contributed by atoms with Crippen molar-refractivity contribution in [1.82, 2.24) is 9.88 Å². The molecule has 5 rings (SSSR count). The van der Waals surface area contributed by atoms with Crippen molar-refractivity contribution in [1.29, 1.82) is 0 Å². The molecule has 2 saturated carbocycles. The number of esters is 1. The first-order valence-corrected chi connectivity index (χ1v) is 15.3. The van der Waals surface area contributed by atoms with Gasteiger partial charge in [0.15, 0.2) is 45.5 Å². The number of thiazole rings is 1. The molecule has 1 amide bonds. The highest BCUT2D eigenvalue weighted by Gasteiger charge is 2.69. The lowest BCUT2D eigenvalue weighted by molar-refractivity contribution is -0.181. The molecule has 0 radical (unpaired) electrons. The van der Waals surface area contributed by atoms with Gasteiger partial charge in [0, 0.05) is 43.2 Å². The van der Waals surface area contributed by atoms with Gasteiger partial charge in [0.2, 0.25) is 5.91 Å². The molecule has 3 aliphatic carbocycles. The molecule has 1 heterocycles. The van der Waals surface area contributed by atoms with Crippen molar-refractivity contribution in [2.75, 3.05) is 45.0 Å². The molecule has 15 heteroatoms. The molecular weight excluding hydrogens is 606 g/mol. The number of likely N-dealkylation sites (N-methyl/N-ethyl adjacent to an activating group) is 1. The predicted octanol–water partition coefficient (Wildman–Crippen LogP) is 0.178. The summed E-state index contributed by atoms with van der Waals surface area (Å²) in [6.07, 6.45) is 0.115. The number of amides is 1. The third-order valence-electron chi connectivity index (χ3n) is 9.02. The van der Waals surface area contributed by atoms with Gasteiger partial charge < -0.3 is 30.9 Å². The maximum Gasteiger partial charge on any atom is 0.357 e. The zero-order valence-corrected chi connectivity index (χ0v) is 26.3. The summed E-state index contributed by atoms with van der Waals surface area (Å²) in [5.41, 5.74) is 4.02. The summed E-state index contributed by atoms with van der Waals surface area (Å²) in [6.45, 7) is 1.88. The van der Waals surface area contributed by atoms with E-state index < -0.39 is 70.3 Å². The number of ketones is 4. The lowest BCUT2D eigenvalue weighted by atomic mass is 9.52. The van der Waals surface area contributed by atoms with Crippen LogP contribution in [0.1, 0.15) is 45.3 Å². The van der Waals surface area contributed by atoms with Crippen molar-refractivity contribution < 1.29 is 43.7 Å². The molecule has 1 aromatic carbocycles. The van der Waals surface area contributed by atoms with Gasteiger partial charge in [-0.1, -0.05) is 0 Å². The Labute approximate surface area is 262 Å². The first-order chi connectivity index (χ1) is 21.1. The number of aromatic nitrogens is 1. The molecule has 45 heavy (non-hydrogen) atoms. The summed E-state index contributed by atoms with van der Waals surface area (Å²) >= 11 is 1.15. The second-order valence-corrected chi connectivity index (χ2v) is 12.9. The van der Waals surface area contributed by atoms with Crippen LogP contribution in [0.2, 0.25) is 0 Å². The number of nitrogens with two attached hydrogens (primary N) is 1. The minimum atomic E-state index is -2.79. The minimum Gasteiger partial charge on any atom is -0.507 e. The Balaban J connectivity index is 1.54. The molecule has 1 aromatic heterocycles. The van der Waals surface area contributed by atoms with Gasteiger partial charge in [-0.3, -0.25) is 28.9 Å². The number of rotatable bonds is 8. The van der Waals surface area contributed by atoms with E-state index in [0.717, 1.165) is 11.3 Å².